The second kappa shape index (κ2) is 2.59. The molecular formula is C8H7Cl2NO. The molecule has 0 aliphatic carbocycles. The molecule has 1 saturated heterocycles. The van der Waals surface area contributed by atoms with Crippen molar-refractivity contribution < 1.29 is 4.74 Å². The smallest absolute Gasteiger partial charge is 0.147 e. The first-order valence-corrected chi connectivity index (χ1v) is 4.33. The van der Waals surface area contributed by atoms with Crippen LogP contribution in [-0.2, 0) is 10.3 Å². The summed E-state index contributed by atoms with van der Waals surface area (Å²) in [5, 5.41) is 0.815. The normalized spacial score (nSPS) is 27.2. The summed E-state index contributed by atoms with van der Waals surface area (Å²) in [5.41, 5.74) is 0.804. The van der Waals surface area contributed by atoms with E-state index in [4.69, 9.17) is 27.9 Å². The molecule has 1 aliphatic heterocycles. The zero-order valence-corrected chi connectivity index (χ0v) is 7.99. The minimum Gasteiger partial charge on any atom is -0.365 e. The second-order valence-electron chi connectivity index (χ2n) is 3.02. The molecule has 2 rings (SSSR count). The standard InChI is InChI=1S/C8H7Cl2NO/c1-8(4-12-8)5-2-6(9)7(10)11-3-5/h2-3H,4H2,1H3. The van der Waals surface area contributed by atoms with Gasteiger partial charge in [0.05, 0.1) is 11.6 Å². The highest BCUT2D eigenvalue weighted by molar-refractivity contribution is 6.41. The van der Waals surface area contributed by atoms with Crippen LogP contribution in [0, 0.1) is 0 Å². The number of pyridine rings is 1. The largest absolute Gasteiger partial charge is 0.365 e. The monoisotopic (exact) mass is 203 g/mol. The van der Waals surface area contributed by atoms with Gasteiger partial charge in [0.15, 0.2) is 0 Å². The van der Waals surface area contributed by atoms with Gasteiger partial charge in [0.25, 0.3) is 0 Å². The van der Waals surface area contributed by atoms with Crippen molar-refractivity contribution in [1.29, 1.82) is 0 Å². The molecule has 2 nitrogen and oxygen atoms in total. The van der Waals surface area contributed by atoms with Crippen molar-refractivity contribution in [3.05, 3.63) is 28.0 Å². The van der Waals surface area contributed by atoms with Crippen LogP contribution in [0.5, 0.6) is 0 Å². The van der Waals surface area contributed by atoms with E-state index in [1.54, 1.807) is 12.3 Å². The summed E-state index contributed by atoms with van der Waals surface area (Å²) < 4.78 is 5.24. The van der Waals surface area contributed by atoms with Gasteiger partial charge < -0.3 is 4.74 Å². The number of ether oxygens (including phenoxy) is 1. The van der Waals surface area contributed by atoms with Crippen LogP contribution in [0.2, 0.25) is 10.2 Å². The van der Waals surface area contributed by atoms with Crippen LogP contribution < -0.4 is 0 Å². The van der Waals surface area contributed by atoms with Crippen LogP contribution in [0.1, 0.15) is 12.5 Å². The van der Waals surface area contributed by atoms with Crippen molar-refractivity contribution in [1.82, 2.24) is 4.98 Å². The summed E-state index contributed by atoms with van der Waals surface area (Å²) in [6.45, 7) is 2.72. The Balaban J connectivity index is 2.41. The summed E-state index contributed by atoms with van der Waals surface area (Å²) in [6, 6.07) is 1.80. The molecule has 1 aromatic rings. The van der Waals surface area contributed by atoms with E-state index in [0.717, 1.165) is 12.2 Å². The predicted octanol–water partition coefficient (Wildman–Crippen LogP) is 2.63. The van der Waals surface area contributed by atoms with E-state index in [9.17, 15) is 0 Å². The lowest BCUT2D eigenvalue weighted by Gasteiger charge is -2.04. The zero-order chi connectivity index (χ0) is 8.77. The van der Waals surface area contributed by atoms with Crippen molar-refractivity contribution in [2.75, 3.05) is 6.61 Å². The number of rotatable bonds is 1. The Hall–Kier alpha value is -0.310. The molecule has 1 atom stereocenters. The SMILES string of the molecule is CC1(c2cnc(Cl)c(Cl)c2)CO1. The minimum absolute atomic E-state index is 0.179. The lowest BCUT2D eigenvalue weighted by Crippen LogP contribution is -2.02. The number of epoxide rings is 1. The fourth-order valence-electron chi connectivity index (χ4n) is 0.985. The number of hydrogen-bond acceptors (Lipinski definition) is 2. The summed E-state index contributed by atoms with van der Waals surface area (Å²) in [7, 11) is 0. The quantitative estimate of drug-likeness (QED) is 0.519. The molecule has 0 bridgehead atoms. The van der Waals surface area contributed by atoms with Crippen LogP contribution in [0.25, 0.3) is 0 Å². The zero-order valence-electron chi connectivity index (χ0n) is 6.47. The molecule has 1 aliphatic rings. The topological polar surface area (TPSA) is 25.4 Å². The van der Waals surface area contributed by atoms with Crippen molar-refractivity contribution in [2.24, 2.45) is 0 Å². The molecule has 64 valence electrons. The van der Waals surface area contributed by atoms with Crippen LogP contribution in [-0.4, -0.2) is 11.6 Å². The lowest BCUT2D eigenvalue weighted by molar-refractivity contribution is 0.329. The summed E-state index contributed by atoms with van der Waals surface area (Å²) in [5.74, 6) is 0. The highest BCUT2D eigenvalue weighted by Crippen LogP contribution is 2.39. The van der Waals surface area contributed by atoms with Gasteiger partial charge in [-0.25, -0.2) is 4.98 Å². The molecule has 0 saturated carbocycles. The van der Waals surface area contributed by atoms with Gasteiger partial charge in [-0.15, -0.1) is 0 Å². The van der Waals surface area contributed by atoms with Crippen molar-refractivity contribution >= 4 is 23.2 Å². The average Bonchev–Trinajstić information content (AvgIpc) is 2.75. The Morgan fingerprint density at radius 2 is 2.25 bits per heavy atom. The van der Waals surface area contributed by atoms with E-state index in [1.165, 1.54) is 0 Å². The fourth-order valence-corrected chi connectivity index (χ4v) is 1.26. The van der Waals surface area contributed by atoms with Crippen LogP contribution in [0.15, 0.2) is 12.3 Å². The average molecular weight is 204 g/mol. The van der Waals surface area contributed by atoms with Gasteiger partial charge in [-0.1, -0.05) is 23.2 Å². The predicted molar refractivity (Wildman–Crippen MR) is 47.6 cm³/mol. The van der Waals surface area contributed by atoms with Crippen molar-refractivity contribution in [3.8, 4) is 0 Å². The number of hydrogen-bond donors (Lipinski definition) is 0. The summed E-state index contributed by atoms with van der Waals surface area (Å²) >= 11 is 11.5. The second-order valence-corrected chi connectivity index (χ2v) is 3.78. The summed E-state index contributed by atoms with van der Waals surface area (Å²) in [4.78, 5) is 3.94. The van der Waals surface area contributed by atoms with E-state index in [2.05, 4.69) is 4.98 Å². The van der Waals surface area contributed by atoms with Crippen molar-refractivity contribution in [2.45, 2.75) is 12.5 Å². The third-order valence-electron chi connectivity index (χ3n) is 1.98. The maximum Gasteiger partial charge on any atom is 0.147 e. The fraction of sp³-hybridized carbons (Fsp3) is 0.375. The Kier molecular flexibility index (Phi) is 1.79. The van der Waals surface area contributed by atoms with E-state index >= 15 is 0 Å². The van der Waals surface area contributed by atoms with E-state index in [1.807, 2.05) is 6.92 Å². The Labute approximate surface area is 80.5 Å². The van der Waals surface area contributed by atoms with Crippen LogP contribution in [0.3, 0.4) is 0 Å². The minimum atomic E-state index is -0.179. The van der Waals surface area contributed by atoms with Crippen molar-refractivity contribution in [3.63, 3.8) is 0 Å². The molecule has 4 heteroatoms. The van der Waals surface area contributed by atoms with Gasteiger partial charge in [0.1, 0.15) is 10.8 Å². The molecular weight excluding hydrogens is 197 g/mol. The third-order valence-corrected chi connectivity index (χ3v) is 2.67. The van der Waals surface area contributed by atoms with E-state index in [0.29, 0.717) is 10.2 Å². The third kappa shape index (κ3) is 1.30. The van der Waals surface area contributed by atoms with Crippen LogP contribution in [0.4, 0.5) is 0 Å². The molecule has 1 fully saturated rings. The molecule has 2 heterocycles. The number of halogens is 2. The molecule has 0 radical (unpaired) electrons. The molecule has 0 aromatic carbocycles. The summed E-state index contributed by atoms with van der Waals surface area (Å²) in [6.07, 6.45) is 1.70. The maximum absolute atomic E-state index is 5.80. The Morgan fingerprint density at radius 1 is 1.58 bits per heavy atom. The van der Waals surface area contributed by atoms with Gasteiger partial charge in [0, 0.05) is 11.8 Å². The molecule has 12 heavy (non-hydrogen) atoms. The molecule has 1 aromatic heterocycles. The van der Waals surface area contributed by atoms with Gasteiger partial charge in [0.2, 0.25) is 0 Å². The van der Waals surface area contributed by atoms with Gasteiger partial charge in [-0.2, -0.15) is 0 Å². The highest BCUT2D eigenvalue weighted by Gasteiger charge is 2.41. The van der Waals surface area contributed by atoms with Crippen LogP contribution >= 0.6 is 23.2 Å². The first-order valence-electron chi connectivity index (χ1n) is 3.57. The Bertz CT molecular complexity index is 323. The van der Waals surface area contributed by atoms with Gasteiger partial charge >= 0.3 is 0 Å². The van der Waals surface area contributed by atoms with E-state index < -0.39 is 0 Å². The molecule has 0 amide bonds. The molecule has 0 spiro atoms. The molecule has 0 N–H and O–H groups in total. The first kappa shape index (κ1) is 8.30. The lowest BCUT2D eigenvalue weighted by atomic mass is 10.1. The molecule has 1 unspecified atom stereocenters. The first-order chi connectivity index (χ1) is 5.62. The van der Waals surface area contributed by atoms with E-state index in [-0.39, 0.29) is 5.60 Å². The highest BCUT2D eigenvalue weighted by atomic mass is 35.5. The Morgan fingerprint density at radius 3 is 2.75 bits per heavy atom. The van der Waals surface area contributed by atoms with Gasteiger partial charge in [-0.3, -0.25) is 0 Å². The number of nitrogens with zero attached hydrogens (tertiary/aromatic N) is 1. The number of aromatic nitrogens is 1. The maximum atomic E-state index is 5.80. The van der Waals surface area contributed by atoms with Gasteiger partial charge in [-0.05, 0) is 13.0 Å².